The number of anilines is 1. The molecule has 3 aromatic rings. The second-order valence-electron chi connectivity index (χ2n) is 5.91. The van der Waals surface area contributed by atoms with Crippen molar-refractivity contribution < 1.29 is 0 Å². The Balaban J connectivity index is 2.00. The summed E-state index contributed by atoms with van der Waals surface area (Å²) in [5, 5.41) is 9.60. The van der Waals surface area contributed by atoms with Crippen LogP contribution in [0.4, 0.5) is 5.69 Å². The molecule has 0 spiro atoms. The quantitative estimate of drug-likeness (QED) is 0.716. The van der Waals surface area contributed by atoms with Crippen molar-refractivity contribution in [3.05, 3.63) is 40.0 Å². The highest BCUT2D eigenvalue weighted by Crippen LogP contribution is 2.37. The summed E-state index contributed by atoms with van der Waals surface area (Å²) < 4.78 is 2.04. The molecule has 23 heavy (non-hydrogen) atoms. The number of nitrogens with zero attached hydrogens (tertiary/aromatic N) is 3. The minimum Gasteiger partial charge on any atom is -0.379 e. The zero-order chi connectivity index (χ0) is 16.1. The molecule has 0 unspecified atom stereocenters. The van der Waals surface area contributed by atoms with Gasteiger partial charge in [0, 0.05) is 22.3 Å². The molecule has 0 saturated carbocycles. The van der Waals surface area contributed by atoms with E-state index in [-0.39, 0.29) is 0 Å². The van der Waals surface area contributed by atoms with E-state index in [1.165, 1.54) is 0 Å². The molecule has 2 aromatic heterocycles. The molecule has 0 amide bonds. The first kappa shape index (κ1) is 14.8. The molecule has 0 radical (unpaired) electrons. The van der Waals surface area contributed by atoms with Crippen LogP contribution >= 0.6 is 23.2 Å². The number of halogens is 2. The molecule has 6 heteroatoms. The lowest BCUT2D eigenvalue weighted by Crippen LogP contribution is -2.29. The van der Waals surface area contributed by atoms with E-state index in [1.54, 1.807) is 6.07 Å². The lowest BCUT2D eigenvalue weighted by molar-refractivity contribution is 0.527. The van der Waals surface area contributed by atoms with Gasteiger partial charge in [0.25, 0.3) is 0 Å². The summed E-state index contributed by atoms with van der Waals surface area (Å²) in [4.78, 5) is 4.71. The van der Waals surface area contributed by atoms with Crippen LogP contribution in [-0.2, 0) is 6.54 Å². The largest absolute Gasteiger partial charge is 0.379 e. The van der Waals surface area contributed by atoms with Crippen molar-refractivity contribution in [2.75, 3.05) is 5.32 Å². The zero-order valence-corrected chi connectivity index (χ0v) is 14.4. The number of benzene rings is 1. The summed E-state index contributed by atoms with van der Waals surface area (Å²) in [6.07, 6.45) is 1.04. The first-order valence-electron chi connectivity index (χ1n) is 7.67. The number of aryl methyl sites for hydroxylation is 1. The maximum Gasteiger partial charge on any atom is 0.120 e. The third kappa shape index (κ3) is 2.37. The Morgan fingerprint density at radius 1 is 1.30 bits per heavy atom. The zero-order valence-electron chi connectivity index (χ0n) is 12.9. The van der Waals surface area contributed by atoms with Crippen LogP contribution in [0.1, 0.15) is 19.0 Å². The number of hydrogen-bond donors (Lipinski definition) is 1. The summed E-state index contributed by atoms with van der Waals surface area (Å²) in [6.45, 7) is 5.00. The van der Waals surface area contributed by atoms with Crippen LogP contribution in [0.25, 0.3) is 22.3 Å². The minimum atomic E-state index is 0.376. The van der Waals surface area contributed by atoms with Crippen molar-refractivity contribution in [3.63, 3.8) is 0 Å². The fourth-order valence-electron chi connectivity index (χ4n) is 3.12. The highest BCUT2D eigenvalue weighted by atomic mass is 35.5. The standard InChI is InChI=1S/C17H16Cl2N4/c1-3-11-8-23-17-14(21-11)6-9(2)20-16(17)15(22-23)12-5-4-10(18)7-13(12)19/h4-7,11,21H,3,8H2,1-2H3/t11-/m0/s1. The van der Waals surface area contributed by atoms with E-state index in [0.717, 1.165) is 46.6 Å². The summed E-state index contributed by atoms with van der Waals surface area (Å²) in [5.41, 5.74) is 5.65. The fourth-order valence-corrected chi connectivity index (χ4v) is 3.62. The molecule has 0 saturated heterocycles. The number of hydrogen-bond acceptors (Lipinski definition) is 3. The van der Waals surface area contributed by atoms with Gasteiger partial charge in [0.1, 0.15) is 16.7 Å². The predicted octanol–water partition coefficient (Wildman–Crippen LogP) is 4.92. The van der Waals surface area contributed by atoms with Gasteiger partial charge in [0.2, 0.25) is 0 Å². The summed E-state index contributed by atoms with van der Waals surface area (Å²) in [5.74, 6) is 0. The van der Waals surface area contributed by atoms with Gasteiger partial charge >= 0.3 is 0 Å². The van der Waals surface area contributed by atoms with E-state index in [2.05, 4.69) is 18.3 Å². The maximum atomic E-state index is 6.39. The molecule has 4 rings (SSSR count). The Morgan fingerprint density at radius 2 is 2.13 bits per heavy atom. The third-order valence-electron chi connectivity index (χ3n) is 4.26. The molecule has 1 aliphatic rings. The maximum absolute atomic E-state index is 6.39. The topological polar surface area (TPSA) is 42.7 Å². The van der Waals surface area contributed by atoms with Crippen molar-refractivity contribution in [2.24, 2.45) is 0 Å². The molecular formula is C17H16Cl2N4. The number of aromatic nitrogens is 3. The second kappa shape index (κ2) is 5.39. The highest BCUT2D eigenvalue weighted by molar-refractivity contribution is 6.36. The van der Waals surface area contributed by atoms with E-state index in [0.29, 0.717) is 16.1 Å². The fraction of sp³-hybridized carbons (Fsp3) is 0.294. The molecule has 118 valence electrons. The van der Waals surface area contributed by atoms with Crippen LogP contribution in [0.2, 0.25) is 10.0 Å². The number of rotatable bonds is 2. The normalized spacial score (nSPS) is 16.6. The van der Waals surface area contributed by atoms with Crippen LogP contribution in [0.5, 0.6) is 0 Å². The van der Waals surface area contributed by atoms with Crippen molar-refractivity contribution in [1.82, 2.24) is 14.8 Å². The molecule has 0 fully saturated rings. The first-order valence-corrected chi connectivity index (χ1v) is 8.42. The average molecular weight is 347 g/mol. The molecule has 1 atom stereocenters. The van der Waals surface area contributed by atoms with Crippen LogP contribution < -0.4 is 5.32 Å². The third-order valence-corrected chi connectivity index (χ3v) is 4.80. The van der Waals surface area contributed by atoms with Gasteiger partial charge in [-0.05, 0) is 37.6 Å². The lowest BCUT2D eigenvalue weighted by atomic mass is 10.1. The first-order chi connectivity index (χ1) is 11.1. The van der Waals surface area contributed by atoms with E-state index in [1.807, 2.05) is 23.7 Å². The Morgan fingerprint density at radius 3 is 2.87 bits per heavy atom. The van der Waals surface area contributed by atoms with Gasteiger partial charge in [-0.1, -0.05) is 30.1 Å². The molecule has 1 aromatic carbocycles. The molecule has 3 heterocycles. The average Bonchev–Trinajstić information content (AvgIpc) is 2.86. The van der Waals surface area contributed by atoms with Crippen molar-refractivity contribution in [1.29, 1.82) is 0 Å². The molecular weight excluding hydrogens is 331 g/mol. The summed E-state index contributed by atoms with van der Waals surface area (Å²) >= 11 is 12.4. The Kier molecular flexibility index (Phi) is 3.47. The van der Waals surface area contributed by atoms with Crippen LogP contribution in [0.3, 0.4) is 0 Å². The minimum absolute atomic E-state index is 0.376. The second-order valence-corrected chi connectivity index (χ2v) is 6.76. The van der Waals surface area contributed by atoms with Gasteiger partial charge < -0.3 is 5.32 Å². The smallest absolute Gasteiger partial charge is 0.120 e. The van der Waals surface area contributed by atoms with Gasteiger partial charge in [0.15, 0.2) is 0 Å². The molecule has 1 aliphatic heterocycles. The summed E-state index contributed by atoms with van der Waals surface area (Å²) in [6, 6.07) is 7.93. The molecule has 0 bridgehead atoms. The number of nitrogens with one attached hydrogen (secondary N) is 1. The van der Waals surface area contributed by atoms with Gasteiger partial charge in [-0.3, -0.25) is 4.68 Å². The Bertz CT molecular complexity index is 917. The van der Waals surface area contributed by atoms with E-state index in [9.17, 15) is 0 Å². The van der Waals surface area contributed by atoms with E-state index < -0.39 is 0 Å². The van der Waals surface area contributed by atoms with Crippen LogP contribution in [-0.4, -0.2) is 20.8 Å². The van der Waals surface area contributed by atoms with Gasteiger partial charge in [0.05, 0.1) is 17.3 Å². The Labute approximate surface area is 144 Å². The summed E-state index contributed by atoms with van der Waals surface area (Å²) in [7, 11) is 0. The van der Waals surface area contributed by atoms with E-state index in [4.69, 9.17) is 33.3 Å². The van der Waals surface area contributed by atoms with Gasteiger partial charge in [-0.25, -0.2) is 4.98 Å². The lowest BCUT2D eigenvalue weighted by Gasteiger charge is -2.24. The van der Waals surface area contributed by atoms with Crippen molar-refractivity contribution >= 4 is 39.9 Å². The van der Waals surface area contributed by atoms with Gasteiger partial charge in [-0.2, -0.15) is 5.10 Å². The van der Waals surface area contributed by atoms with Gasteiger partial charge in [-0.15, -0.1) is 0 Å². The Hall–Kier alpha value is -1.78. The van der Waals surface area contributed by atoms with Crippen molar-refractivity contribution in [3.8, 4) is 11.3 Å². The highest BCUT2D eigenvalue weighted by Gasteiger charge is 2.25. The predicted molar refractivity (Wildman–Crippen MR) is 95.4 cm³/mol. The van der Waals surface area contributed by atoms with Crippen LogP contribution in [0, 0.1) is 6.92 Å². The SMILES string of the molecule is CC[C@H]1Cn2nc(-c3ccc(Cl)cc3Cl)c3nc(C)cc(c32)N1. The molecule has 0 aliphatic carbocycles. The molecule has 4 nitrogen and oxygen atoms in total. The molecule has 1 N–H and O–H groups in total. The number of pyridine rings is 1. The monoisotopic (exact) mass is 346 g/mol. The van der Waals surface area contributed by atoms with Crippen molar-refractivity contribution in [2.45, 2.75) is 32.9 Å². The van der Waals surface area contributed by atoms with Crippen LogP contribution in [0.15, 0.2) is 24.3 Å². The van der Waals surface area contributed by atoms with E-state index >= 15 is 0 Å².